The summed E-state index contributed by atoms with van der Waals surface area (Å²) in [6.07, 6.45) is 2.19. The molecule has 1 aromatic carbocycles. The summed E-state index contributed by atoms with van der Waals surface area (Å²) >= 11 is 0. The van der Waals surface area contributed by atoms with E-state index >= 15 is 0 Å². The summed E-state index contributed by atoms with van der Waals surface area (Å²) in [6, 6.07) is 9.10. The molecular weight excluding hydrogens is 219 g/mol. The Morgan fingerprint density at radius 2 is 1.88 bits per heavy atom. The van der Waals surface area contributed by atoms with E-state index in [0.29, 0.717) is 11.1 Å². The van der Waals surface area contributed by atoms with Crippen LogP contribution in [0.2, 0.25) is 0 Å². The van der Waals surface area contributed by atoms with Crippen LogP contribution in [0.1, 0.15) is 22.8 Å². The van der Waals surface area contributed by atoms with Gasteiger partial charge in [0, 0.05) is 12.4 Å². The van der Waals surface area contributed by atoms with E-state index in [2.05, 4.69) is 4.98 Å². The Morgan fingerprint density at radius 1 is 1.18 bits per heavy atom. The van der Waals surface area contributed by atoms with Crippen LogP contribution in [-0.2, 0) is 0 Å². The molecule has 1 aromatic heterocycles. The molecule has 1 unspecified atom stereocenters. The molecule has 0 fully saturated rings. The molecule has 4 heteroatoms. The molecule has 2 rings (SSSR count). The Balaban J connectivity index is 2.36. The fraction of sp³-hybridized carbons (Fsp3) is 0.0769. The first kappa shape index (κ1) is 11.2. The minimum absolute atomic E-state index is 0.0318. The van der Waals surface area contributed by atoms with Crippen molar-refractivity contribution in [2.45, 2.75) is 6.10 Å². The lowest BCUT2D eigenvalue weighted by molar-refractivity contribution is 0.219. The Bertz CT molecular complexity index is 563. The van der Waals surface area contributed by atoms with Gasteiger partial charge in [-0.15, -0.1) is 0 Å². The Kier molecular flexibility index (Phi) is 3.12. The van der Waals surface area contributed by atoms with Crippen molar-refractivity contribution in [3.8, 4) is 6.07 Å². The van der Waals surface area contributed by atoms with Gasteiger partial charge in [-0.2, -0.15) is 5.26 Å². The molecule has 17 heavy (non-hydrogen) atoms. The molecule has 1 N–H and O–H groups in total. The quantitative estimate of drug-likeness (QED) is 0.857. The molecule has 0 radical (unpaired) electrons. The van der Waals surface area contributed by atoms with Gasteiger partial charge >= 0.3 is 0 Å². The number of hydrogen-bond acceptors (Lipinski definition) is 3. The zero-order valence-electron chi connectivity index (χ0n) is 8.84. The van der Waals surface area contributed by atoms with Crippen LogP contribution >= 0.6 is 0 Å². The van der Waals surface area contributed by atoms with Crippen molar-refractivity contribution in [2.24, 2.45) is 0 Å². The van der Waals surface area contributed by atoms with Gasteiger partial charge in [0.2, 0.25) is 0 Å². The lowest BCUT2D eigenvalue weighted by atomic mass is 10.0. The van der Waals surface area contributed by atoms with Gasteiger partial charge < -0.3 is 5.11 Å². The van der Waals surface area contributed by atoms with Crippen molar-refractivity contribution in [1.29, 1.82) is 5.26 Å². The second-order valence-corrected chi connectivity index (χ2v) is 3.53. The normalized spacial score (nSPS) is 11.8. The molecule has 0 saturated heterocycles. The zero-order chi connectivity index (χ0) is 12.3. The molecule has 84 valence electrons. The summed E-state index contributed by atoms with van der Waals surface area (Å²) < 4.78 is 13.4. The number of benzene rings is 1. The van der Waals surface area contributed by atoms with Gasteiger partial charge in [-0.1, -0.05) is 6.07 Å². The second kappa shape index (κ2) is 4.73. The first-order chi connectivity index (χ1) is 8.22. The fourth-order valence-electron chi connectivity index (χ4n) is 1.53. The van der Waals surface area contributed by atoms with Crippen LogP contribution < -0.4 is 0 Å². The van der Waals surface area contributed by atoms with Crippen LogP contribution in [0.5, 0.6) is 0 Å². The van der Waals surface area contributed by atoms with E-state index in [1.54, 1.807) is 30.6 Å². The molecule has 0 amide bonds. The SMILES string of the molecule is N#Cc1ccc(C(O)c2ccncc2)cc1F. The summed E-state index contributed by atoms with van der Waals surface area (Å²) in [4.78, 5) is 3.84. The summed E-state index contributed by atoms with van der Waals surface area (Å²) in [5.41, 5.74) is 1.01. The van der Waals surface area contributed by atoms with Gasteiger partial charge in [0.25, 0.3) is 0 Å². The summed E-state index contributed by atoms with van der Waals surface area (Å²) in [6.45, 7) is 0. The van der Waals surface area contributed by atoms with Gasteiger partial charge in [-0.05, 0) is 35.4 Å². The maximum absolute atomic E-state index is 13.4. The third-order valence-electron chi connectivity index (χ3n) is 2.45. The molecular formula is C13H9FN2O. The molecule has 0 aliphatic rings. The largest absolute Gasteiger partial charge is 0.384 e. The monoisotopic (exact) mass is 228 g/mol. The average Bonchev–Trinajstić information content (AvgIpc) is 2.39. The highest BCUT2D eigenvalue weighted by Gasteiger charge is 2.12. The highest BCUT2D eigenvalue weighted by Crippen LogP contribution is 2.22. The van der Waals surface area contributed by atoms with Gasteiger partial charge in [-0.25, -0.2) is 4.39 Å². The molecule has 0 spiro atoms. The molecule has 1 heterocycles. The smallest absolute Gasteiger partial charge is 0.141 e. The molecule has 3 nitrogen and oxygen atoms in total. The van der Waals surface area contributed by atoms with Crippen LogP contribution in [0.15, 0.2) is 42.7 Å². The zero-order valence-corrected chi connectivity index (χ0v) is 8.84. The Labute approximate surface area is 97.8 Å². The van der Waals surface area contributed by atoms with Crippen molar-refractivity contribution in [3.05, 3.63) is 65.2 Å². The minimum atomic E-state index is -0.916. The van der Waals surface area contributed by atoms with E-state index in [1.165, 1.54) is 18.2 Å². The summed E-state index contributed by atoms with van der Waals surface area (Å²) in [7, 11) is 0. The molecule has 1 atom stereocenters. The van der Waals surface area contributed by atoms with Gasteiger partial charge in [0.1, 0.15) is 18.0 Å². The number of aliphatic hydroxyl groups is 1. The van der Waals surface area contributed by atoms with Gasteiger partial charge in [-0.3, -0.25) is 4.98 Å². The highest BCUT2D eigenvalue weighted by atomic mass is 19.1. The topological polar surface area (TPSA) is 56.9 Å². The van der Waals surface area contributed by atoms with Crippen molar-refractivity contribution >= 4 is 0 Å². The standard InChI is InChI=1S/C13H9FN2O/c14-12-7-10(1-2-11(12)8-15)13(17)9-3-5-16-6-4-9/h1-7,13,17H. The summed E-state index contributed by atoms with van der Waals surface area (Å²) in [5.74, 6) is -0.627. The van der Waals surface area contributed by atoms with E-state index < -0.39 is 11.9 Å². The maximum atomic E-state index is 13.4. The number of halogens is 1. The van der Waals surface area contributed by atoms with Crippen LogP contribution in [0, 0.1) is 17.1 Å². The average molecular weight is 228 g/mol. The first-order valence-electron chi connectivity index (χ1n) is 5.00. The van der Waals surface area contributed by atoms with Crippen molar-refractivity contribution < 1.29 is 9.50 Å². The van der Waals surface area contributed by atoms with Gasteiger partial charge in [0.15, 0.2) is 0 Å². The number of pyridine rings is 1. The number of nitrogens with zero attached hydrogens (tertiary/aromatic N) is 2. The number of aliphatic hydroxyl groups excluding tert-OH is 1. The number of hydrogen-bond donors (Lipinski definition) is 1. The maximum Gasteiger partial charge on any atom is 0.141 e. The minimum Gasteiger partial charge on any atom is -0.384 e. The fourth-order valence-corrected chi connectivity index (χ4v) is 1.53. The lowest BCUT2D eigenvalue weighted by Gasteiger charge is -2.11. The highest BCUT2D eigenvalue weighted by molar-refractivity contribution is 5.36. The van der Waals surface area contributed by atoms with Crippen molar-refractivity contribution in [3.63, 3.8) is 0 Å². The number of nitriles is 1. The van der Waals surface area contributed by atoms with Crippen LogP contribution in [0.4, 0.5) is 4.39 Å². The van der Waals surface area contributed by atoms with E-state index in [4.69, 9.17) is 5.26 Å². The molecule has 2 aromatic rings. The van der Waals surface area contributed by atoms with Crippen LogP contribution in [0.25, 0.3) is 0 Å². The molecule has 0 bridgehead atoms. The third kappa shape index (κ3) is 2.30. The molecule has 0 aliphatic heterocycles. The number of rotatable bonds is 2. The second-order valence-electron chi connectivity index (χ2n) is 3.53. The van der Waals surface area contributed by atoms with E-state index in [9.17, 15) is 9.50 Å². The first-order valence-corrected chi connectivity index (χ1v) is 5.00. The Morgan fingerprint density at radius 3 is 2.47 bits per heavy atom. The Hall–Kier alpha value is -2.25. The lowest BCUT2D eigenvalue weighted by Crippen LogP contribution is -2.00. The number of aromatic nitrogens is 1. The van der Waals surface area contributed by atoms with Crippen LogP contribution in [-0.4, -0.2) is 10.1 Å². The molecule has 0 aliphatic carbocycles. The summed E-state index contributed by atoms with van der Waals surface area (Å²) in [5, 5.41) is 18.6. The van der Waals surface area contributed by atoms with Crippen molar-refractivity contribution in [1.82, 2.24) is 4.98 Å². The van der Waals surface area contributed by atoms with Gasteiger partial charge in [0.05, 0.1) is 5.56 Å². The predicted octanol–water partition coefficient (Wildman–Crippen LogP) is 2.17. The predicted molar refractivity (Wildman–Crippen MR) is 59.4 cm³/mol. The molecule has 0 saturated carbocycles. The van der Waals surface area contributed by atoms with Crippen molar-refractivity contribution in [2.75, 3.05) is 0 Å². The van der Waals surface area contributed by atoms with E-state index in [1.807, 2.05) is 0 Å². The van der Waals surface area contributed by atoms with E-state index in [-0.39, 0.29) is 5.56 Å². The van der Waals surface area contributed by atoms with Crippen LogP contribution in [0.3, 0.4) is 0 Å². The van der Waals surface area contributed by atoms with E-state index in [0.717, 1.165) is 0 Å². The third-order valence-corrected chi connectivity index (χ3v) is 2.45.